The second-order valence-corrected chi connectivity index (χ2v) is 8.19. The van der Waals surface area contributed by atoms with Crippen LogP contribution < -0.4 is 5.32 Å². The lowest BCUT2D eigenvalue weighted by Crippen LogP contribution is -2.50. The summed E-state index contributed by atoms with van der Waals surface area (Å²) in [5.41, 5.74) is 1.76. The summed E-state index contributed by atoms with van der Waals surface area (Å²) in [5, 5.41) is 3.33. The van der Waals surface area contributed by atoms with Crippen LogP contribution >= 0.6 is 23.2 Å². The van der Waals surface area contributed by atoms with E-state index in [1.165, 1.54) is 30.1 Å². The molecule has 0 fully saturated rings. The summed E-state index contributed by atoms with van der Waals surface area (Å²) in [7, 11) is 1.52. The van der Waals surface area contributed by atoms with Gasteiger partial charge in [-0.05, 0) is 35.4 Å². The Bertz CT molecular complexity index is 1070. The molecule has 0 aliphatic carbocycles. The molecule has 0 radical (unpaired) electrons. The molecule has 0 aliphatic rings. The van der Waals surface area contributed by atoms with E-state index in [1.54, 1.807) is 18.2 Å². The standard InChI is InChI=1S/C25H23Cl2FN2O2/c1-29-25(32)23(14-17-7-3-2-4-8-17)30(16-18-9-5-10-19(26)13-18)24(31)15-20-21(27)11-6-12-22(20)28/h2-13,23H,14-16H2,1H3,(H,29,32)/t23-/m1/s1. The van der Waals surface area contributed by atoms with Crippen LogP contribution in [-0.2, 0) is 29.0 Å². The Hall–Kier alpha value is -2.89. The third kappa shape index (κ3) is 6.09. The largest absolute Gasteiger partial charge is 0.357 e. The lowest BCUT2D eigenvalue weighted by molar-refractivity contribution is -0.140. The van der Waals surface area contributed by atoms with Gasteiger partial charge in [0, 0.05) is 35.6 Å². The SMILES string of the molecule is CNC(=O)[C@@H](Cc1ccccc1)N(Cc1cccc(Cl)c1)C(=O)Cc1c(F)cccc1Cl. The second kappa shape index (κ2) is 11.1. The Kier molecular flexibility index (Phi) is 8.26. The maximum Gasteiger partial charge on any atom is 0.242 e. The number of hydrogen-bond acceptors (Lipinski definition) is 2. The molecule has 0 saturated carbocycles. The molecule has 32 heavy (non-hydrogen) atoms. The number of hydrogen-bond donors (Lipinski definition) is 1. The first-order valence-corrected chi connectivity index (χ1v) is 10.9. The molecule has 2 amide bonds. The zero-order chi connectivity index (χ0) is 23.1. The van der Waals surface area contributed by atoms with Gasteiger partial charge in [0.25, 0.3) is 0 Å². The van der Waals surface area contributed by atoms with Gasteiger partial charge >= 0.3 is 0 Å². The first kappa shape index (κ1) is 23.8. The zero-order valence-corrected chi connectivity index (χ0v) is 19.0. The monoisotopic (exact) mass is 472 g/mol. The average molecular weight is 473 g/mol. The molecule has 0 aliphatic heterocycles. The minimum Gasteiger partial charge on any atom is -0.357 e. The van der Waals surface area contributed by atoms with Gasteiger partial charge in [-0.2, -0.15) is 0 Å². The van der Waals surface area contributed by atoms with Crippen molar-refractivity contribution in [2.45, 2.75) is 25.4 Å². The highest BCUT2D eigenvalue weighted by atomic mass is 35.5. The van der Waals surface area contributed by atoms with E-state index < -0.39 is 17.8 Å². The van der Waals surface area contributed by atoms with Gasteiger partial charge in [-0.1, -0.05) is 71.7 Å². The van der Waals surface area contributed by atoms with Crippen LogP contribution in [0.4, 0.5) is 4.39 Å². The minimum atomic E-state index is -0.806. The third-order valence-electron chi connectivity index (χ3n) is 5.15. The van der Waals surface area contributed by atoms with Gasteiger partial charge in [0.1, 0.15) is 11.9 Å². The molecule has 0 unspecified atom stereocenters. The average Bonchev–Trinajstić information content (AvgIpc) is 2.79. The highest BCUT2D eigenvalue weighted by Gasteiger charge is 2.30. The lowest BCUT2D eigenvalue weighted by atomic mass is 10.0. The quantitative estimate of drug-likeness (QED) is 0.497. The Morgan fingerprint density at radius 3 is 2.31 bits per heavy atom. The number of carbonyl (C=O) groups excluding carboxylic acids is 2. The fourth-order valence-electron chi connectivity index (χ4n) is 3.51. The number of nitrogens with one attached hydrogen (secondary N) is 1. The summed E-state index contributed by atoms with van der Waals surface area (Å²) in [6, 6.07) is 20.0. The van der Waals surface area contributed by atoms with E-state index in [0.717, 1.165) is 11.1 Å². The highest BCUT2D eigenvalue weighted by molar-refractivity contribution is 6.31. The molecular weight excluding hydrogens is 450 g/mol. The minimum absolute atomic E-state index is 0.102. The summed E-state index contributed by atoms with van der Waals surface area (Å²) in [5.74, 6) is -1.29. The molecular formula is C25H23Cl2FN2O2. The van der Waals surface area contributed by atoms with Crippen molar-refractivity contribution in [2.75, 3.05) is 7.05 Å². The van der Waals surface area contributed by atoms with Gasteiger partial charge in [-0.15, -0.1) is 0 Å². The smallest absolute Gasteiger partial charge is 0.242 e. The summed E-state index contributed by atoms with van der Waals surface area (Å²) >= 11 is 12.3. The Labute approximate surface area is 197 Å². The Morgan fingerprint density at radius 2 is 1.66 bits per heavy atom. The molecule has 1 atom stereocenters. The Morgan fingerprint density at radius 1 is 0.969 bits per heavy atom. The van der Waals surface area contributed by atoms with Crippen molar-refractivity contribution in [3.8, 4) is 0 Å². The molecule has 0 heterocycles. The van der Waals surface area contributed by atoms with Crippen molar-refractivity contribution in [3.63, 3.8) is 0 Å². The molecule has 3 aromatic carbocycles. The van der Waals surface area contributed by atoms with E-state index in [1.807, 2.05) is 36.4 Å². The van der Waals surface area contributed by atoms with E-state index in [-0.39, 0.29) is 29.5 Å². The third-order valence-corrected chi connectivity index (χ3v) is 5.74. The van der Waals surface area contributed by atoms with Gasteiger partial charge in [0.05, 0.1) is 6.42 Å². The van der Waals surface area contributed by atoms with Crippen LogP contribution in [0.3, 0.4) is 0 Å². The number of rotatable bonds is 8. The van der Waals surface area contributed by atoms with Crippen molar-refractivity contribution >= 4 is 35.0 Å². The number of carbonyl (C=O) groups is 2. The van der Waals surface area contributed by atoms with Crippen LogP contribution in [0.15, 0.2) is 72.8 Å². The van der Waals surface area contributed by atoms with Crippen molar-refractivity contribution in [2.24, 2.45) is 0 Å². The first-order chi connectivity index (χ1) is 15.4. The fraction of sp³-hybridized carbons (Fsp3) is 0.200. The molecule has 0 spiro atoms. The van der Waals surface area contributed by atoms with Crippen LogP contribution in [0.1, 0.15) is 16.7 Å². The topological polar surface area (TPSA) is 49.4 Å². The van der Waals surface area contributed by atoms with Gasteiger partial charge in [-0.3, -0.25) is 9.59 Å². The van der Waals surface area contributed by atoms with E-state index in [0.29, 0.717) is 11.4 Å². The van der Waals surface area contributed by atoms with E-state index in [9.17, 15) is 14.0 Å². The number of amides is 2. The Balaban J connectivity index is 1.98. The van der Waals surface area contributed by atoms with Crippen LogP contribution in [0.5, 0.6) is 0 Å². The van der Waals surface area contributed by atoms with Crippen LogP contribution in [0, 0.1) is 5.82 Å². The fourth-order valence-corrected chi connectivity index (χ4v) is 3.95. The predicted molar refractivity (Wildman–Crippen MR) is 125 cm³/mol. The summed E-state index contributed by atoms with van der Waals surface area (Å²) < 4.78 is 14.4. The number of halogens is 3. The highest BCUT2D eigenvalue weighted by Crippen LogP contribution is 2.23. The van der Waals surface area contributed by atoms with Gasteiger partial charge in [0.15, 0.2) is 0 Å². The van der Waals surface area contributed by atoms with Crippen LogP contribution in [0.25, 0.3) is 0 Å². The van der Waals surface area contributed by atoms with E-state index in [4.69, 9.17) is 23.2 Å². The molecule has 3 rings (SSSR count). The maximum atomic E-state index is 14.4. The lowest BCUT2D eigenvalue weighted by Gasteiger charge is -2.31. The molecule has 166 valence electrons. The van der Waals surface area contributed by atoms with E-state index >= 15 is 0 Å². The number of nitrogens with zero attached hydrogens (tertiary/aromatic N) is 1. The van der Waals surface area contributed by atoms with Crippen LogP contribution in [0.2, 0.25) is 10.0 Å². The summed E-state index contributed by atoms with van der Waals surface area (Å²) in [6.07, 6.45) is 0.0339. The molecule has 3 aromatic rings. The summed E-state index contributed by atoms with van der Waals surface area (Å²) in [4.78, 5) is 27.8. The normalized spacial score (nSPS) is 11.6. The molecule has 7 heteroatoms. The van der Waals surface area contributed by atoms with Gasteiger partial charge < -0.3 is 10.2 Å². The van der Waals surface area contributed by atoms with Crippen molar-refractivity contribution < 1.29 is 14.0 Å². The zero-order valence-electron chi connectivity index (χ0n) is 17.5. The van der Waals surface area contributed by atoms with Gasteiger partial charge in [-0.25, -0.2) is 4.39 Å². The number of likely N-dealkylation sites (N-methyl/N-ethyl adjacent to an activating group) is 1. The number of benzene rings is 3. The van der Waals surface area contributed by atoms with Crippen molar-refractivity contribution in [1.29, 1.82) is 0 Å². The molecule has 0 aromatic heterocycles. The van der Waals surface area contributed by atoms with Crippen molar-refractivity contribution in [3.05, 3.63) is 105 Å². The molecule has 1 N–H and O–H groups in total. The summed E-state index contributed by atoms with van der Waals surface area (Å²) in [6.45, 7) is 0.135. The molecule has 0 saturated heterocycles. The molecule has 4 nitrogen and oxygen atoms in total. The van der Waals surface area contributed by atoms with Crippen molar-refractivity contribution in [1.82, 2.24) is 10.2 Å². The second-order valence-electron chi connectivity index (χ2n) is 7.35. The van der Waals surface area contributed by atoms with E-state index in [2.05, 4.69) is 5.32 Å². The first-order valence-electron chi connectivity index (χ1n) is 10.1. The molecule has 0 bridgehead atoms. The predicted octanol–water partition coefficient (Wildman–Crippen LogP) is 5.06. The van der Waals surface area contributed by atoms with Gasteiger partial charge in [0.2, 0.25) is 11.8 Å². The maximum absolute atomic E-state index is 14.4. The van der Waals surface area contributed by atoms with Crippen LogP contribution in [-0.4, -0.2) is 29.8 Å².